The van der Waals surface area contributed by atoms with Crippen LogP contribution in [0.2, 0.25) is 0 Å². The van der Waals surface area contributed by atoms with E-state index in [4.69, 9.17) is 15.2 Å². The average Bonchev–Trinajstić information content (AvgIpc) is 2.65. The van der Waals surface area contributed by atoms with Crippen LogP contribution < -0.4 is 10.5 Å². The summed E-state index contributed by atoms with van der Waals surface area (Å²) in [6.07, 6.45) is -5.84. The Balaban J connectivity index is 2.22. The van der Waals surface area contributed by atoms with Crippen molar-refractivity contribution in [1.82, 2.24) is 0 Å². The van der Waals surface area contributed by atoms with E-state index in [0.29, 0.717) is 0 Å². The standard InChI is InChI=1S/C21H24F3NO3/c1-13(2)18(25)20(26)27-14(3)19(15-7-5-4-6-8-15)28-17-11-9-16(10-12-17)21(22,23)24/h4-14,18-19H,25H2,1-3H3/t14-,18-,19-/m0/s1. The lowest BCUT2D eigenvalue weighted by atomic mass is 10.0. The highest BCUT2D eigenvalue weighted by Crippen LogP contribution is 2.32. The maximum Gasteiger partial charge on any atom is 0.416 e. The topological polar surface area (TPSA) is 61.6 Å². The zero-order chi connectivity index (χ0) is 20.9. The second-order valence-corrected chi connectivity index (χ2v) is 6.88. The molecule has 0 spiro atoms. The number of rotatable bonds is 7. The van der Waals surface area contributed by atoms with E-state index in [-0.39, 0.29) is 11.7 Å². The summed E-state index contributed by atoms with van der Waals surface area (Å²) in [5.41, 5.74) is 5.79. The van der Waals surface area contributed by atoms with Gasteiger partial charge in [-0.05, 0) is 42.7 Å². The summed E-state index contributed by atoms with van der Waals surface area (Å²) < 4.78 is 49.6. The third-order valence-corrected chi connectivity index (χ3v) is 4.29. The van der Waals surface area contributed by atoms with Crippen molar-refractivity contribution in [1.29, 1.82) is 0 Å². The molecule has 0 saturated heterocycles. The predicted molar refractivity (Wildman–Crippen MR) is 99.6 cm³/mol. The van der Waals surface area contributed by atoms with Crippen molar-refractivity contribution in [3.63, 3.8) is 0 Å². The number of hydrogen-bond donors (Lipinski definition) is 1. The molecule has 0 aliphatic rings. The summed E-state index contributed by atoms with van der Waals surface area (Å²) in [7, 11) is 0. The van der Waals surface area contributed by atoms with Crippen LogP contribution in [0.5, 0.6) is 5.75 Å². The van der Waals surface area contributed by atoms with Gasteiger partial charge in [0, 0.05) is 0 Å². The molecule has 0 bridgehead atoms. The van der Waals surface area contributed by atoms with E-state index in [1.807, 2.05) is 19.9 Å². The number of nitrogens with two attached hydrogens (primary N) is 1. The van der Waals surface area contributed by atoms with Gasteiger partial charge in [-0.2, -0.15) is 13.2 Å². The van der Waals surface area contributed by atoms with E-state index in [1.54, 1.807) is 31.2 Å². The van der Waals surface area contributed by atoms with Crippen LogP contribution in [0.25, 0.3) is 0 Å². The molecule has 2 aromatic carbocycles. The van der Waals surface area contributed by atoms with Crippen molar-refractivity contribution in [3.05, 3.63) is 65.7 Å². The number of carbonyl (C=O) groups excluding carboxylic acids is 1. The molecule has 2 N–H and O–H groups in total. The number of halogens is 3. The first-order valence-corrected chi connectivity index (χ1v) is 8.94. The Kier molecular flexibility index (Phi) is 7.07. The van der Waals surface area contributed by atoms with Gasteiger partial charge in [-0.1, -0.05) is 44.2 Å². The molecule has 3 atom stereocenters. The molecule has 0 heterocycles. The Bertz CT molecular complexity index is 761. The third-order valence-electron chi connectivity index (χ3n) is 4.29. The van der Waals surface area contributed by atoms with E-state index in [0.717, 1.165) is 17.7 Å². The molecule has 0 aromatic heterocycles. The molecule has 7 heteroatoms. The zero-order valence-electron chi connectivity index (χ0n) is 15.9. The second-order valence-electron chi connectivity index (χ2n) is 6.88. The minimum atomic E-state index is -4.42. The van der Waals surface area contributed by atoms with Crippen LogP contribution in [-0.2, 0) is 15.7 Å². The summed E-state index contributed by atoms with van der Waals surface area (Å²) in [4.78, 5) is 12.2. The third kappa shape index (κ3) is 5.73. The quantitative estimate of drug-likeness (QED) is 0.688. The largest absolute Gasteiger partial charge is 0.482 e. The minimum Gasteiger partial charge on any atom is -0.482 e. The molecule has 0 saturated carbocycles. The Morgan fingerprint density at radius 3 is 2.04 bits per heavy atom. The molecule has 2 aromatic rings. The number of ether oxygens (including phenoxy) is 2. The maximum absolute atomic E-state index is 12.7. The van der Waals surface area contributed by atoms with Gasteiger partial charge in [0.15, 0.2) is 6.10 Å². The maximum atomic E-state index is 12.7. The van der Waals surface area contributed by atoms with E-state index >= 15 is 0 Å². The van der Waals surface area contributed by atoms with Gasteiger partial charge in [0.1, 0.15) is 17.9 Å². The van der Waals surface area contributed by atoms with Crippen molar-refractivity contribution < 1.29 is 27.4 Å². The van der Waals surface area contributed by atoms with Crippen molar-refractivity contribution in [2.75, 3.05) is 0 Å². The molecule has 0 fully saturated rings. The summed E-state index contributed by atoms with van der Waals surface area (Å²) in [6.45, 7) is 5.28. The fraction of sp³-hybridized carbons (Fsp3) is 0.381. The predicted octanol–water partition coefficient (Wildman–Crippen LogP) is 4.74. The van der Waals surface area contributed by atoms with Crippen molar-refractivity contribution in [3.8, 4) is 5.75 Å². The minimum absolute atomic E-state index is 0.0919. The smallest absolute Gasteiger partial charge is 0.416 e. The van der Waals surface area contributed by atoms with Gasteiger partial charge in [0.25, 0.3) is 0 Å². The zero-order valence-corrected chi connectivity index (χ0v) is 15.9. The fourth-order valence-corrected chi connectivity index (χ4v) is 2.54. The molecule has 0 aliphatic heterocycles. The molecule has 0 unspecified atom stereocenters. The molecule has 0 radical (unpaired) electrons. The lowest BCUT2D eigenvalue weighted by Gasteiger charge is -2.27. The number of benzene rings is 2. The van der Waals surface area contributed by atoms with Gasteiger partial charge in [-0.15, -0.1) is 0 Å². The Morgan fingerprint density at radius 1 is 0.964 bits per heavy atom. The summed E-state index contributed by atoms with van der Waals surface area (Å²) in [6, 6.07) is 12.6. The highest BCUT2D eigenvalue weighted by molar-refractivity contribution is 5.76. The van der Waals surface area contributed by atoms with Gasteiger partial charge < -0.3 is 15.2 Å². The van der Waals surface area contributed by atoms with Crippen molar-refractivity contribution >= 4 is 5.97 Å². The number of hydrogen-bond acceptors (Lipinski definition) is 4. The van der Waals surface area contributed by atoms with Gasteiger partial charge >= 0.3 is 12.1 Å². The number of carbonyl (C=O) groups is 1. The van der Waals surface area contributed by atoms with E-state index in [9.17, 15) is 18.0 Å². The summed E-state index contributed by atoms with van der Waals surface area (Å²) in [5, 5.41) is 0. The Hall–Kier alpha value is -2.54. The first kappa shape index (κ1) is 21.8. The lowest BCUT2D eigenvalue weighted by Crippen LogP contribution is -2.40. The van der Waals surface area contributed by atoms with Crippen LogP contribution in [0, 0.1) is 5.92 Å². The van der Waals surface area contributed by atoms with Crippen LogP contribution in [0.3, 0.4) is 0 Å². The molecular weight excluding hydrogens is 371 g/mol. The van der Waals surface area contributed by atoms with Crippen LogP contribution in [-0.4, -0.2) is 18.1 Å². The Labute approximate surface area is 162 Å². The van der Waals surface area contributed by atoms with Gasteiger partial charge in [0.2, 0.25) is 0 Å². The molecule has 2 rings (SSSR count). The SMILES string of the molecule is CC(C)[C@H](N)C(=O)O[C@@H](C)[C@H](Oc1ccc(C(F)(F)F)cc1)c1ccccc1. The molecule has 4 nitrogen and oxygen atoms in total. The average molecular weight is 395 g/mol. The van der Waals surface area contributed by atoms with E-state index in [1.165, 1.54) is 12.1 Å². The van der Waals surface area contributed by atoms with Crippen molar-refractivity contribution in [2.24, 2.45) is 11.7 Å². The summed E-state index contributed by atoms with van der Waals surface area (Å²) >= 11 is 0. The molecular formula is C21H24F3NO3. The van der Waals surface area contributed by atoms with Crippen LogP contribution in [0.4, 0.5) is 13.2 Å². The van der Waals surface area contributed by atoms with Crippen LogP contribution >= 0.6 is 0 Å². The normalized spacial score (nSPS) is 15.0. The molecule has 0 aliphatic carbocycles. The fourth-order valence-electron chi connectivity index (χ4n) is 2.54. The lowest BCUT2D eigenvalue weighted by molar-refractivity contribution is -0.155. The van der Waals surface area contributed by atoms with Gasteiger partial charge in [-0.3, -0.25) is 4.79 Å². The van der Waals surface area contributed by atoms with Crippen molar-refractivity contribution in [2.45, 2.75) is 45.2 Å². The van der Waals surface area contributed by atoms with Gasteiger partial charge in [-0.25, -0.2) is 0 Å². The second kappa shape index (κ2) is 9.10. The molecule has 152 valence electrons. The highest BCUT2D eigenvalue weighted by Gasteiger charge is 2.31. The Morgan fingerprint density at radius 2 is 1.54 bits per heavy atom. The van der Waals surface area contributed by atoms with Crippen LogP contribution in [0.15, 0.2) is 54.6 Å². The molecule has 28 heavy (non-hydrogen) atoms. The van der Waals surface area contributed by atoms with E-state index in [2.05, 4.69) is 0 Å². The van der Waals surface area contributed by atoms with E-state index < -0.39 is 36.0 Å². The molecule has 0 amide bonds. The number of esters is 1. The first-order valence-electron chi connectivity index (χ1n) is 8.94. The number of alkyl halides is 3. The van der Waals surface area contributed by atoms with Gasteiger partial charge in [0.05, 0.1) is 5.56 Å². The monoisotopic (exact) mass is 395 g/mol. The summed E-state index contributed by atoms with van der Waals surface area (Å²) in [5.74, 6) is -0.414. The van der Waals surface area contributed by atoms with Crippen LogP contribution in [0.1, 0.15) is 38.0 Å². The highest BCUT2D eigenvalue weighted by atomic mass is 19.4. The first-order chi connectivity index (χ1) is 13.1.